The molecule has 0 atom stereocenters. The first-order valence-electron chi connectivity index (χ1n) is 8.71. The topological polar surface area (TPSA) is 84.0 Å². The number of benzene rings is 2. The van der Waals surface area contributed by atoms with Crippen LogP contribution in [-0.2, 0) is 6.42 Å². The molecule has 138 valence electrons. The van der Waals surface area contributed by atoms with E-state index in [1.165, 1.54) is 0 Å². The molecule has 5 nitrogen and oxygen atoms in total. The minimum atomic E-state index is 0.511. The Morgan fingerprint density at radius 3 is 2.71 bits per heavy atom. The molecule has 0 bridgehead atoms. The minimum Gasteiger partial charge on any atom is -0.293 e. The van der Waals surface area contributed by atoms with Gasteiger partial charge < -0.3 is 0 Å². The molecule has 0 spiro atoms. The van der Waals surface area contributed by atoms with Gasteiger partial charge in [-0.15, -0.1) is 0 Å². The first-order valence-corrected chi connectivity index (χ1v) is 8.71. The van der Waals surface area contributed by atoms with Gasteiger partial charge in [0.05, 0.1) is 23.5 Å². The summed E-state index contributed by atoms with van der Waals surface area (Å²) >= 11 is 0. The third kappa shape index (κ3) is 5.72. The molecule has 0 amide bonds. The van der Waals surface area contributed by atoms with E-state index in [2.05, 4.69) is 42.0 Å². The molecule has 0 unspecified atom stereocenters. The zero-order valence-electron chi connectivity index (χ0n) is 15.7. The van der Waals surface area contributed by atoms with Gasteiger partial charge in [0.2, 0.25) is 0 Å². The van der Waals surface area contributed by atoms with Crippen LogP contribution >= 0.6 is 0 Å². The van der Waals surface area contributed by atoms with Crippen LogP contribution in [0, 0.1) is 22.8 Å². The number of nitrogens with one attached hydrogen (secondary N) is 2. The summed E-state index contributed by atoms with van der Waals surface area (Å²) in [6, 6.07) is 15.6. The monoisotopic (exact) mass is 367 g/mol. The number of aryl methyl sites for hydroxylation is 1. The predicted octanol–water partition coefficient (Wildman–Crippen LogP) is 4.31. The van der Waals surface area contributed by atoms with Gasteiger partial charge in [0, 0.05) is 11.3 Å². The van der Waals surface area contributed by atoms with Gasteiger partial charge in [0.1, 0.15) is 0 Å². The van der Waals surface area contributed by atoms with Crippen LogP contribution in [0.2, 0.25) is 0 Å². The van der Waals surface area contributed by atoms with E-state index in [-0.39, 0.29) is 0 Å². The zero-order valence-corrected chi connectivity index (χ0v) is 15.7. The molecule has 0 radical (unpaired) electrons. The number of rotatable bonds is 8. The molecular weight excluding hydrogens is 346 g/mol. The van der Waals surface area contributed by atoms with Crippen molar-refractivity contribution in [3.8, 4) is 12.3 Å². The van der Waals surface area contributed by atoms with Crippen molar-refractivity contribution in [2.75, 3.05) is 0 Å². The van der Waals surface area contributed by atoms with Crippen molar-refractivity contribution in [1.82, 2.24) is 10.7 Å². The largest absolute Gasteiger partial charge is 0.293 e. The van der Waals surface area contributed by atoms with E-state index in [1.807, 2.05) is 48.7 Å². The van der Waals surface area contributed by atoms with Crippen LogP contribution < -0.4 is 10.7 Å². The SMILES string of the molecule is C=C(/C=C/c1cccc(C(=C)N/N=C/c2cc(CC)ccc2C#N)c1)NC#N. The maximum absolute atomic E-state index is 9.24. The predicted molar refractivity (Wildman–Crippen MR) is 114 cm³/mol. The lowest BCUT2D eigenvalue weighted by molar-refractivity contribution is 1.00. The van der Waals surface area contributed by atoms with Gasteiger partial charge >= 0.3 is 0 Å². The average molecular weight is 367 g/mol. The quantitative estimate of drug-likeness (QED) is 0.239. The molecule has 2 N–H and O–H groups in total. The highest BCUT2D eigenvalue weighted by Gasteiger charge is 2.02. The van der Waals surface area contributed by atoms with E-state index in [0.29, 0.717) is 17.0 Å². The summed E-state index contributed by atoms with van der Waals surface area (Å²) < 4.78 is 0. The summed E-state index contributed by atoms with van der Waals surface area (Å²) in [6.45, 7) is 9.80. The molecule has 0 aliphatic heterocycles. The van der Waals surface area contributed by atoms with Crippen LogP contribution in [0.3, 0.4) is 0 Å². The van der Waals surface area contributed by atoms with E-state index >= 15 is 0 Å². The fourth-order valence-corrected chi connectivity index (χ4v) is 2.43. The molecule has 2 aromatic carbocycles. The molecule has 2 rings (SSSR count). The molecule has 28 heavy (non-hydrogen) atoms. The lowest BCUT2D eigenvalue weighted by Crippen LogP contribution is -2.04. The number of nitriles is 2. The van der Waals surface area contributed by atoms with Gasteiger partial charge in [-0.25, -0.2) is 0 Å². The van der Waals surface area contributed by atoms with Crippen LogP contribution in [0.4, 0.5) is 0 Å². The number of hydrogen-bond acceptors (Lipinski definition) is 5. The molecule has 0 aliphatic rings. The number of nitrogens with zero attached hydrogens (tertiary/aromatic N) is 3. The Bertz CT molecular complexity index is 1020. The van der Waals surface area contributed by atoms with E-state index < -0.39 is 0 Å². The van der Waals surface area contributed by atoms with Crippen LogP contribution in [0.15, 0.2) is 72.5 Å². The van der Waals surface area contributed by atoms with E-state index in [0.717, 1.165) is 28.7 Å². The average Bonchev–Trinajstić information content (AvgIpc) is 2.72. The van der Waals surface area contributed by atoms with Crippen LogP contribution in [-0.4, -0.2) is 6.21 Å². The second-order valence-electron chi connectivity index (χ2n) is 5.96. The van der Waals surface area contributed by atoms with Crippen molar-refractivity contribution >= 4 is 18.0 Å². The molecule has 0 fully saturated rings. The van der Waals surface area contributed by atoms with Crippen LogP contribution in [0.1, 0.15) is 34.7 Å². The fraction of sp³-hybridized carbons (Fsp3) is 0.0870. The number of hydrazone groups is 1. The van der Waals surface area contributed by atoms with Gasteiger partial charge in [-0.1, -0.05) is 50.4 Å². The first-order chi connectivity index (χ1) is 13.6. The summed E-state index contributed by atoms with van der Waals surface area (Å²) in [4.78, 5) is 0. The highest BCUT2D eigenvalue weighted by atomic mass is 15.3. The highest BCUT2D eigenvalue weighted by molar-refractivity contribution is 5.84. The van der Waals surface area contributed by atoms with Crippen molar-refractivity contribution in [3.05, 3.63) is 95.2 Å². The summed E-state index contributed by atoms with van der Waals surface area (Å²) in [7, 11) is 0. The molecular formula is C23H21N5. The minimum absolute atomic E-state index is 0.511. The van der Waals surface area contributed by atoms with Gasteiger partial charge in [0.15, 0.2) is 6.19 Å². The summed E-state index contributed by atoms with van der Waals surface area (Å²) in [5.41, 5.74) is 8.36. The van der Waals surface area contributed by atoms with E-state index in [9.17, 15) is 5.26 Å². The van der Waals surface area contributed by atoms with Crippen molar-refractivity contribution in [1.29, 1.82) is 10.5 Å². The molecule has 0 saturated carbocycles. The third-order valence-electron chi connectivity index (χ3n) is 3.98. The molecule has 2 aromatic rings. The van der Waals surface area contributed by atoms with Crippen molar-refractivity contribution in [2.24, 2.45) is 5.10 Å². The molecule has 0 heterocycles. The third-order valence-corrected chi connectivity index (χ3v) is 3.98. The second-order valence-corrected chi connectivity index (χ2v) is 5.96. The summed E-state index contributed by atoms with van der Waals surface area (Å²) in [5.74, 6) is 0. The second kappa shape index (κ2) is 10.2. The Hall–Kier alpha value is -4.09. The van der Waals surface area contributed by atoms with Crippen molar-refractivity contribution in [3.63, 3.8) is 0 Å². The Morgan fingerprint density at radius 2 is 2.00 bits per heavy atom. The Balaban J connectivity index is 2.09. The van der Waals surface area contributed by atoms with E-state index in [4.69, 9.17) is 5.26 Å². The smallest absolute Gasteiger partial charge is 0.181 e. The molecule has 0 aromatic heterocycles. The number of hydrogen-bond donors (Lipinski definition) is 2. The lowest BCUT2D eigenvalue weighted by atomic mass is 10.0. The molecule has 0 aliphatic carbocycles. The molecule has 0 saturated heterocycles. The summed E-state index contributed by atoms with van der Waals surface area (Å²) in [6.07, 6.45) is 7.92. The maximum atomic E-state index is 9.24. The van der Waals surface area contributed by atoms with Crippen LogP contribution in [0.5, 0.6) is 0 Å². The van der Waals surface area contributed by atoms with Gasteiger partial charge in [0.25, 0.3) is 0 Å². The summed E-state index contributed by atoms with van der Waals surface area (Å²) in [5, 5.41) is 24.5. The van der Waals surface area contributed by atoms with Gasteiger partial charge in [-0.2, -0.15) is 15.6 Å². The van der Waals surface area contributed by atoms with Gasteiger partial charge in [-0.3, -0.25) is 10.7 Å². The maximum Gasteiger partial charge on any atom is 0.181 e. The van der Waals surface area contributed by atoms with E-state index in [1.54, 1.807) is 18.4 Å². The Kier molecular flexibility index (Phi) is 7.33. The van der Waals surface area contributed by atoms with Crippen LogP contribution in [0.25, 0.3) is 11.8 Å². The first kappa shape index (κ1) is 20.2. The number of allylic oxidation sites excluding steroid dienone is 1. The highest BCUT2D eigenvalue weighted by Crippen LogP contribution is 2.14. The fourth-order valence-electron chi connectivity index (χ4n) is 2.43. The Labute approximate surface area is 165 Å². The Morgan fingerprint density at radius 1 is 1.18 bits per heavy atom. The van der Waals surface area contributed by atoms with Crippen molar-refractivity contribution < 1.29 is 0 Å². The lowest BCUT2D eigenvalue weighted by Gasteiger charge is -2.07. The molecule has 5 heteroatoms. The van der Waals surface area contributed by atoms with Crippen molar-refractivity contribution in [2.45, 2.75) is 13.3 Å². The standard InChI is InChI=1S/C23H21N5/c1-4-19-10-11-22(14-24)23(12-19)15-27-28-18(3)21-7-5-6-20(13-21)9-8-17(2)26-16-25/h5-13,15,26,28H,2-4H2,1H3/b9-8+,27-15+. The normalized spacial score (nSPS) is 10.4. The zero-order chi connectivity index (χ0) is 20.4. The van der Waals surface area contributed by atoms with Gasteiger partial charge in [-0.05, 0) is 47.4 Å².